The molecular formula is C31H35N7O4. The summed E-state index contributed by atoms with van der Waals surface area (Å²) in [4.78, 5) is 17.9. The molecule has 11 nitrogen and oxygen atoms in total. The van der Waals surface area contributed by atoms with Crippen LogP contribution in [0.15, 0.2) is 67.4 Å². The summed E-state index contributed by atoms with van der Waals surface area (Å²) in [5.41, 5.74) is 4.07. The fourth-order valence-corrected chi connectivity index (χ4v) is 4.94. The second-order valence-corrected chi connectivity index (χ2v) is 11.4. The first-order valence-corrected chi connectivity index (χ1v) is 14.3. The predicted molar refractivity (Wildman–Crippen MR) is 157 cm³/mol. The second kappa shape index (κ2) is 11.9. The van der Waals surface area contributed by atoms with Crippen LogP contribution in [0.25, 0.3) is 33.4 Å². The number of nitrogens with zero attached hydrogens (tertiary/aromatic N) is 7. The Morgan fingerprint density at radius 3 is 2.69 bits per heavy atom. The molecule has 5 heterocycles. The monoisotopic (exact) mass is 569 g/mol. The number of rotatable bonds is 8. The number of carbonyl (C=O) groups excluding carboxylic acids is 1. The first kappa shape index (κ1) is 27.8. The number of fused-ring (bicyclic) bond motifs is 1. The van der Waals surface area contributed by atoms with Gasteiger partial charge in [-0.3, -0.25) is 4.68 Å². The summed E-state index contributed by atoms with van der Waals surface area (Å²) >= 11 is 0. The van der Waals surface area contributed by atoms with Crippen LogP contribution in [-0.4, -0.2) is 65.5 Å². The van der Waals surface area contributed by atoms with Gasteiger partial charge in [0.05, 0.1) is 32.1 Å². The highest BCUT2D eigenvalue weighted by Crippen LogP contribution is 2.32. The van der Waals surface area contributed by atoms with Gasteiger partial charge in [-0.25, -0.2) is 19.0 Å². The highest BCUT2D eigenvalue weighted by Gasteiger charge is 2.24. The summed E-state index contributed by atoms with van der Waals surface area (Å²) in [6.07, 6.45) is 11.6. The maximum absolute atomic E-state index is 13.2. The van der Waals surface area contributed by atoms with Crippen LogP contribution in [0.3, 0.4) is 0 Å². The van der Waals surface area contributed by atoms with Crippen LogP contribution in [0.2, 0.25) is 0 Å². The van der Waals surface area contributed by atoms with Crippen molar-refractivity contribution >= 4 is 17.1 Å². The van der Waals surface area contributed by atoms with Crippen LogP contribution >= 0.6 is 0 Å². The first-order valence-electron chi connectivity index (χ1n) is 14.3. The molecule has 1 saturated heterocycles. The van der Waals surface area contributed by atoms with E-state index in [-0.39, 0.29) is 6.29 Å². The Labute approximate surface area is 244 Å². The molecule has 0 bridgehead atoms. The number of hydrogen-bond donors (Lipinski definition) is 0. The molecule has 4 aromatic heterocycles. The molecule has 0 N–H and O–H groups in total. The quantitative estimate of drug-likeness (QED) is 0.240. The van der Waals surface area contributed by atoms with Gasteiger partial charge in [0, 0.05) is 47.3 Å². The van der Waals surface area contributed by atoms with E-state index in [0.29, 0.717) is 31.0 Å². The largest absolute Gasteiger partial charge is 0.443 e. The Balaban J connectivity index is 1.28. The minimum absolute atomic E-state index is 0.126. The van der Waals surface area contributed by atoms with E-state index in [4.69, 9.17) is 19.2 Å². The third-order valence-corrected chi connectivity index (χ3v) is 6.96. The Morgan fingerprint density at radius 1 is 1.05 bits per heavy atom. The van der Waals surface area contributed by atoms with Crippen molar-refractivity contribution in [2.75, 3.05) is 13.2 Å². The van der Waals surface area contributed by atoms with Gasteiger partial charge in [-0.15, -0.1) is 5.10 Å². The van der Waals surface area contributed by atoms with Crippen molar-refractivity contribution in [3.8, 4) is 22.4 Å². The molecule has 1 aliphatic rings. The van der Waals surface area contributed by atoms with Gasteiger partial charge >= 0.3 is 6.09 Å². The lowest BCUT2D eigenvalue weighted by atomic mass is 10.1. The highest BCUT2D eigenvalue weighted by atomic mass is 16.7. The lowest BCUT2D eigenvalue weighted by Crippen LogP contribution is -2.26. The topological polar surface area (TPSA) is 111 Å². The van der Waals surface area contributed by atoms with Crippen LogP contribution in [0.5, 0.6) is 0 Å². The summed E-state index contributed by atoms with van der Waals surface area (Å²) in [7, 11) is 0. The van der Waals surface area contributed by atoms with Gasteiger partial charge < -0.3 is 14.2 Å². The zero-order chi connectivity index (χ0) is 29.1. The van der Waals surface area contributed by atoms with Gasteiger partial charge in [-0.05, 0) is 51.7 Å². The van der Waals surface area contributed by atoms with Crippen LogP contribution in [-0.2, 0) is 27.3 Å². The maximum Gasteiger partial charge on any atom is 0.420 e. The summed E-state index contributed by atoms with van der Waals surface area (Å²) < 4.78 is 22.3. The number of ether oxygens (including phenoxy) is 3. The fourth-order valence-electron chi connectivity index (χ4n) is 4.94. The summed E-state index contributed by atoms with van der Waals surface area (Å²) in [5, 5.41) is 14.1. The van der Waals surface area contributed by atoms with Gasteiger partial charge in [0.1, 0.15) is 16.9 Å². The smallest absolute Gasteiger partial charge is 0.420 e. The normalized spacial score (nSPS) is 15.7. The van der Waals surface area contributed by atoms with Gasteiger partial charge in [-0.1, -0.05) is 35.5 Å². The van der Waals surface area contributed by atoms with E-state index < -0.39 is 11.7 Å². The lowest BCUT2D eigenvalue weighted by molar-refractivity contribution is -0.163. The Morgan fingerprint density at radius 2 is 1.90 bits per heavy atom. The predicted octanol–water partition coefficient (Wildman–Crippen LogP) is 5.53. The average molecular weight is 570 g/mol. The molecule has 0 aliphatic carbocycles. The van der Waals surface area contributed by atoms with Gasteiger partial charge in [0.15, 0.2) is 6.29 Å². The summed E-state index contributed by atoms with van der Waals surface area (Å²) in [6, 6.07) is 12.1. The van der Waals surface area contributed by atoms with E-state index in [0.717, 1.165) is 53.5 Å². The number of hydrogen-bond acceptors (Lipinski definition) is 8. The van der Waals surface area contributed by atoms with Crippen molar-refractivity contribution in [3.63, 3.8) is 0 Å². The van der Waals surface area contributed by atoms with Crippen molar-refractivity contribution in [1.82, 2.24) is 34.3 Å². The van der Waals surface area contributed by atoms with Gasteiger partial charge in [-0.2, -0.15) is 5.10 Å². The van der Waals surface area contributed by atoms with Crippen molar-refractivity contribution in [2.45, 2.75) is 65.0 Å². The minimum Gasteiger partial charge on any atom is -0.443 e. The molecule has 42 heavy (non-hydrogen) atoms. The Kier molecular flexibility index (Phi) is 7.86. The standard InChI is InChI=1S/C31H35N7O4/c1-31(2,3)42-30(39)38-20-26(27-21-37(35-34-27)18-22-9-5-4-6-10-22)25-15-23(16-32-29(25)38)24-17-33-36(19-24)12-14-41-28-11-7-8-13-40-28/h4-6,9-10,15-17,19-21,28H,7-8,11-14,18H2,1-3H3. The average Bonchev–Trinajstić information content (AvgIpc) is 3.72. The molecule has 218 valence electrons. The molecule has 1 aromatic carbocycles. The summed E-state index contributed by atoms with van der Waals surface area (Å²) in [6.45, 7) is 7.98. The SMILES string of the molecule is CC(C)(C)OC(=O)n1cc(-c2cn(Cc3ccccc3)nn2)c2cc(-c3cnn(CCOC4CCCCO4)c3)cnc21. The number of benzene rings is 1. The van der Waals surface area contributed by atoms with Crippen molar-refractivity contribution in [3.05, 3.63) is 72.9 Å². The molecule has 11 heteroatoms. The Bertz CT molecular complexity index is 1660. The van der Waals surface area contributed by atoms with E-state index >= 15 is 0 Å². The van der Waals surface area contributed by atoms with E-state index in [1.165, 1.54) is 4.57 Å². The second-order valence-electron chi connectivity index (χ2n) is 11.4. The third-order valence-electron chi connectivity index (χ3n) is 6.96. The number of carbonyl (C=O) groups is 1. The first-order chi connectivity index (χ1) is 20.3. The molecule has 1 unspecified atom stereocenters. The molecule has 1 atom stereocenters. The van der Waals surface area contributed by atoms with Gasteiger partial charge in [0.25, 0.3) is 0 Å². The highest BCUT2D eigenvalue weighted by molar-refractivity contribution is 5.99. The fraction of sp³-hybridized carbons (Fsp3) is 0.387. The summed E-state index contributed by atoms with van der Waals surface area (Å²) in [5.74, 6) is 0. The molecule has 1 fully saturated rings. The zero-order valence-corrected chi connectivity index (χ0v) is 24.1. The molecular weight excluding hydrogens is 534 g/mol. The van der Waals surface area contributed by atoms with Gasteiger partial charge in [0.2, 0.25) is 0 Å². The van der Waals surface area contributed by atoms with Crippen molar-refractivity contribution in [2.24, 2.45) is 0 Å². The van der Waals surface area contributed by atoms with Crippen molar-refractivity contribution in [1.29, 1.82) is 0 Å². The molecule has 1 aliphatic heterocycles. The Hall–Kier alpha value is -4.35. The van der Waals surface area contributed by atoms with E-state index in [1.54, 1.807) is 23.3 Å². The van der Waals surface area contributed by atoms with Crippen LogP contribution in [0.4, 0.5) is 4.79 Å². The molecule has 0 amide bonds. The number of pyridine rings is 1. The zero-order valence-electron chi connectivity index (χ0n) is 24.1. The molecule has 0 saturated carbocycles. The third kappa shape index (κ3) is 6.42. The molecule has 6 rings (SSSR count). The minimum atomic E-state index is -0.659. The molecule has 5 aromatic rings. The maximum atomic E-state index is 13.2. The van der Waals surface area contributed by atoms with Crippen LogP contribution in [0, 0.1) is 0 Å². The van der Waals surface area contributed by atoms with E-state index in [2.05, 4.69) is 15.4 Å². The number of aromatic nitrogens is 7. The van der Waals surface area contributed by atoms with Crippen LogP contribution in [0.1, 0.15) is 45.6 Å². The molecule has 0 spiro atoms. The van der Waals surface area contributed by atoms with E-state index in [9.17, 15) is 4.79 Å². The van der Waals surface area contributed by atoms with Crippen LogP contribution < -0.4 is 0 Å². The molecule has 0 radical (unpaired) electrons. The van der Waals surface area contributed by atoms with E-state index in [1.807, 2.05) is 74.2 Å². The lowest BCUT2D eigenvalue weighted by Gasteiger charge is -2.22. The van der Waals surface area contributed by atoms with Crippen molar-refractivity contribution < 1.29 is 19.0 Å².